The minimum Gasteiger partial charge on any atom is -0.369 e. The molecule has 0 saturated heterocycles. The van der Waals surface area contributed by atoms with E-state index in [1.807, 2.05) is 5.38 Å². The number of fused-ring (bicyclic) bond motifs is 1. The lowest BCUT2D eigenvalue weighted by atomic mass is 10.1. The number of halogens is 2. The Balaban J connectivity index is 2.26. The first-order chi connectivity index (χ1) is 8.16. The fourth-order valence-electron chi connectivity index (χ4n) is 1.70. The van der Waals surface area contributed by atoms with Gasteiger partial charge in [-0.2, -0.15) is 0 Å². The highest BCUT2D eigenvalue weighted by molar-refractivity contribution is 7.16. The van der Waals surface area contributed by atoms with Crippen molar-refractivity contribution in [2.75, 3.05) is 5.73 Å². The van der Waals surface area contributed by atoms with Crippen molar-refractivity contribution < 1.29 is 8.78 Å². The maximum absolute atomic E-state index is 13.2. The average Bonchev–Trinajstić information content (AvgIpc) is 2.86. The summed E-state index contributed by atoms with van der Waals surface area (Å²) in [6.07, 6.45) is 1.64. The van der Waals surface area contributed by atoms with E-state index in [4.69, 9.17) is 5.73 Å². The smallest absolute Gasteiger partial charge is 0.206 e. The molecule has 3 aromatic rings. The van der Waals surface area contributed by atoms with Gasteiger partial charge in [0.25, 0.3) is 0 Å². The van der Waals surface area contributed by atoms with Gasteiger partial charge in [0, 0.05) is 10.9 Å². The van der Waals surface area contributed by atoms with E-state index in [1.54, 1.807) is 10.6 Å². The molecule has 17 heavy (non-hydrogen) atoms. The molecule has 2 aromatic heterocycles. The van der Waals surface area contributed by atoms with Crippen molar-refractivity contribution >= 4 is 22.1 Å². The van der Waals surface area contributed by atoms with E-state index < -0.39 is 11.6 Å². The topological polar surface area (TPSA) is 43.3 Å². The van der Waals surface area contributed by atoms with Gasteiger partial charge >= 0.3 is 0 Å². The minimum atomic E-state index is -0.875. The fraction of sp³-hybridized carbons (Fsp3) is 0. The number of imidazole rings is 1. The van der Waals surface area contributed by atoms with Gasteiger partial charge in [0.1, 0.15) is 4.83 Å². The molecule has 0 spiro atoms. The Bertz CT molecular complexity index is 702. The van der Waals surface area contributed by atoms with Gasteiger partial charge in [-0.3, -0.25) is 4.40 Å². The van der Waals surface area contributed by atoms with Crippen LogP contribution in [-0.4, -0.2) is 9.38 Å². The summed E-state index contributed by atoms with van der Waals surface area (Å²) in [5.41, 5.74) is 6.99. The number of nitrogen functional groups attached to an aromatic ring is 1. The Labute approximate surface area is 99.1 Å². The first-order valence-corrected chi connectivity index (χ1v) is 5.70. The van der Waals surface area contributed by atoms with Crippen LogP contribution in [0.2, 0.25) is 0 Å². The van der Waals surface area contributed by atoms with E-state index in [2.05, 4.69) is 4.98 Å². The number of rotatable bonds is 1. The van der Waals surface area contributed by atoms with Crippen molar-refractivity contribution in [3.63, 3.8) is 0 Å². The summed E-state index contributed by atoms with van der Waals surface area (Å²) < 4.78 is 27.7. The molecule has 6 heteroatoms. The Morgan fingerprint density at radius 3 is 2.82 bits per heavy atom. The SMILES string of the molecule is Nc1ncc2scc(-c3ccc(F)c(F)c3)n12. The maximum atomic E-state index is 13.2. The average molecular weight is 251 g/mol. The normalized spacial score (nSPS) is 11.2. The van der Waals surface area contributed by atoms with Crippen LogP contribution >= 0.6 is 11.3 Å². The number of aromatic nitrogens is 2. The predicted molar refractivity (Wildman–Crippen MR) is 62.8 cm³/mol. The van der Waals surface area contributed by atoms with E-state index >= 15 is 0 Å². The van der Waals surface area contributed by atoms with Gasteiger partial charge in [0.15, 0.2) is 11.6 Å². The van der Waals surface area contributed by atoms with E-state index in [1.165, 1.54) is 17.4 Å². The van der Waals surface area contributed by atoms with Gasteiger partial charge in [-0.1, -0.05) is 0 Å². The number of thiazole rings is 1. The van der Waals surface area contributed by atoms with Crippen molar-refractivity contribution in [2.24, 2.45) is 0 Å². The van der Waals surface area contributed by atoms with E-state index in [-0.39, 0.29) is 0 Å². The second kappa shape index (κ2) is 3.53. The highest BCUT2D eigenvalue weighted by Crippen LogP contribution is 2.29. The second-order valence-corrected chi connectivity index (χ2v) is 4.43. The largest absolute Gasteiger partial charge is 0.369 e. The molecular formula is C11H7F2N3S. The van der Waals surface area contributed by atoms with E-state index in [0.29, 0.717) is 17.2 Å². The van der Waals surface area contributed by atoms with Gasteiger partial charge in [-0.25, -0.2) is 13.8 Å². The zero-order valence-electron chi connectivity index (χ0n) is 8.52. The van der Waals surface area contributed by atoms with Crippen molar-refractivity contribution in [2.45, 2.75) is 0 Å². The highest BCUT2D eigenvalue weighted by Gasteiger charge is 2.11. The number of hydrogen-bond donors (Lipinski definition) is 1. The van der Waals surface area contributed by atoms with Crippen LogP contribution in [0.3, 0.4) is 0 Å². The third-order valence-corrected chi connectivity index (χ3v) is 3.37. The zero-order valence-corrected chi connectivity index (χ0v) is 9.34. The number of hydrogen-bond acceptors (Lipinski definition) is 3. The van der Waals surface area contributed by atoms with Gasteiger partial charge in [0.05, 0.1) is 11.9 Å². The lowest BCUT2D eigenvalue weighted by Crippen LogP contribution is -1.95. The molecule has 86 valence electrons. The predicted octanol–water partition coefficient (Wildman–Crippen LogP) is 2.92. The van der Waals surface area contributed by atoms with Gasteiger partial charge in [-0.15, -0.1) is 11.3 Å². The molecule has 0 amide bonds. The van der Waals surface area contributed by atoms with Crippen LogP contribution in [0.4, 0.5) is 14.7 Å². The molecule has 0 bridgehead atoms. The Morgan fingerprint density at radius 1 is 1.24 bits per heavy atom. The van der Waals surface area contributed by atoms with Crippen LogP contribution < -0.4 is 5.73 Å². The molecule has 0 saturated carbocycles. The molecule has 0 aliphatic heterocycles. The lowest BCUT2D eigenvalue weighted by molar-refractivity contribution is 0.509. The molecule has 0 fully saturated rings. The monoisotopic (exact) mass is 251 g/mol. The molecule has 3 nitrogen and oxygen atoms in total. The summed E-state index contributed by atoms with van der Waals surface area (Å²) in [4.78, 5) is 4.83. The molecular weight excluding hydrogens is 244 g/mol. The summed E-state index contributed by atoms with van der Waals surface area (Å²) >= 11 is 1.44. The Hall–Kier alpha value is -1.95. The Kier molecular flexibility index (Phi) is 2.12. The summed E-state index contributed by atoms with van der Waals surface area (Å²) in [6, 6.07) is 3.76. The summed E-state index contributed by atoms with van der Waals surface area (Å²) in [5, 5.41) is 1.83. The van der Waals surface area contributed by atoms with Crippen molar-refractivity contribution in [3.05, 3.63) is 41.4 Å². The Morgan fingerprint density at radius 2 is 2.06 bits per heavy atom. The van der Waals surface area contributed by atoms with Crippen LogP contribution in [0.25, 0.3) is 16.1 Å². The molecule has 1 aromatic carbocycles. The summed E-state index contributed by atoms with van der Waals surface area (Å²) in [6.45, 7) is 0. The van der Waals surface area contributed by atoms with Gasteiger partial charge < -0.3 is 5.73 Å². The highest BCUT2D eigenvalue weighted by atomic mass is 32.1. The van der Waals surface area contributed by atoms with Crippen molar-refractivity contribution in [1.82, 2.24) is 9.38 Å². The van der Waals surface area contributed by atoms with E-state index in [9.17, 15) is 8.78 Å². The van der Waals surface area contributed by atoms with Crippen LogP contribution in [-0.2, 0) is 0 Å². The standard InChI is InChI=1S/C11H7F2N3S/c12-7-2-1-6(3-8(7)13)9-5-17-10-4-15-11(14)16(9)10/h1-5H,(H2,14,15). The maximum Gasteiger partial charge on any atom is 0.206 e. The van der Waals surface area contributed by atoms with Crippen molar-refractivity contribution in [1.29, 1.82) is 0 Å². The van der Waals surface area contributed by atoms with Crippen LogP contribution in [0.15, 0.2) is 29.8 Å². The molecule has 0 unspecified atom stereocenters. The van der Waals surface area contributed by atoms with E-state index in [0.717, 1.165) is 17.0 Å². The number of nitrogens with zero attached hydrogens (tertiary/aromatic N) is 2. The third-order valence-electron chi connectivity index (χ3n) is 2.50. The lowest BCUT2D eigenvalue weighted by Gasteiger charge is -2.02. The van der Waals surface area contributed by atoms with Gasteiger partial charge in [0.2, 0.25) is 5.95 Å². The number of anilines is 1. The summed E-state index contributed by atoms with van der Waals surface area (Å²) in [5.74, 6) is -1.40. The van der Waals surface area contributed by atoms with Crippen LogP contribution in [0.1, 0.15) is 0 Å². The first kappa shape index (κ1) is 10.2. The molecule has 0 radical (unpaired) electrons. The molecule has 0 aliphatic carbocycles. The quantitative estimate of drug-likeness (QED) is 0.722. The minimum absolute atomic E-state index is 0.334. The number of nitrogens with two attached hydrogens (primary N) is 1. The second-order valence-electron chi connectivity index (χ2n) is 3.54. The molecule has 2 heterocycles. The van der Waals surface area contributed by atoms with Gasteiger partial charge in [-0.05, 0) is 18.2 Å². The fourth-order valence-corrected chi connectivity index (χ4v) is 2.58. The summed E-state index contributed by atoms with van der Waals surface area (Å²) in [7, 11) is 0. The van der Waals surface area contributed by atoms with Crippen LogP contribution in [0.5, 0.6) is 0 Å². The molecule has 0 atom stereocenters. The molecule has 2 N–H and O–H groups in total. The van der Waals surface area contributed by atoms with Crippen LogP contribution in [0, 0.1) is 11.6 Å². The zero-order chi connectivity index (χ0) is 12.0. The molecule has 3 rings (SSSR count). The number of benzene rings is 1. The van der Waals surface area contributed by atoms with Crippen molar-refractivity contribution in [3.8, 4) is 11.3 Å². The third kappa shape index (κ3) is 1.49. The first-order valence-electron chi connectivity index (χ1n) is 4.82. The molecule has 0 aliphatic rings.